The van der Waals surface area contributed by atoms with Crippen molar-refractivity contribution in [2.45, 2.75) is 51.8 Å². The fourth-order valence-electron chi connectivity index (χ4n) is 3.20. The van der Waals surface area contributed by atoms with Crippen LogP contribution < -0.4 is 5.32 Å². The molecule has 1 amide bonds. The van der Waals surface area contributed by atoms with Crippen LogP contribution in [-0.2, 0) is 11.3 Å². The van der Waals surface area contributed by atoms with Crippen molar-refractivity contribution in [1.29, 1.82) is 0 Å². The van der Waals surface area contributed by atoms with Gasteiger partial charge in [0.1, 0.15) is 5.60 Å². The topological polar surface area (TPSA) is 54.5 Å². The number of amides is 1. The van der Waals surface area contributed by atoms with E-state index >= 15 is 0 Å². The Morgan fingerprint density at radius 3 is 2.84 bits per heavy atom. The number of rotatable bonds is 4. The molecule has 2 heterocycles. The fraction of sp³-hybridized carbons (Fsp3) is 0.500. The highest BCUT2D eigenvalue weighted by atomic mass is 16.6. The second kappa shape index (κ2) is 7.40. The molecule has 1 aliphatic rings. The summed E-state index contributed by atoms with van der Waals surface area (Å²) in [6.07, 6.45) is 3.74. The first-order valence-corrected chi connectivity index (χ1v) is 8.96. The number of nitrogens with one attached hydrogen (secondary N) is 1. The van der Waals surface area contributed by atoms with E-state index in [0.717, 1.165) is 37.0 Å². The zero-order valence-electron chi connectivity index (χ0n) is 15.3. The SMILES string of the molecule is CC(C)(C)OC(=O)N1CCC[C@H]1CNCc1cc2ccccc2cn1. The third-order valence-electron chi connectivity index (χ3n) is 4.38. The van der Waals surface area contributed by atoms with Gasteiger partial charge in [-0.3, -0.25) is 4.98 Å². The first-order valence-electron chi connectivity index (χ1n) is 8.96. The second-order valence-corrected chi connectivity index (χ2v) is 7.62. The summed E-state index contributed by atoms with van der Waals surface area (Å²) in [5.74, 6) is 0. The molecule has 5 heteroatoms. The molecule has 0 aliphatic carbocycles. The van der Waals surface area contributed by atoms with Crippen LogP contribution >= 0.6 is 0 Å². The van der Waals surface area contributed by atoms with Gasteiger partial charge in [0.2, 0.25) is 0 Å². The maximum Gasteiger partial charge on any atom is 0.410 e. The molecule has 1 aromatic carbocycles. The first kappa shape index (κ1) is 17.7. The van der Waals surface area contributed by atoms with Crippen LogP contribution in [-0.4, -0.2) is 40.7 Å². The van der Waals surface area contributed by atoms with E-state index in [0.29, 0.717) is 6.54 Å². The normalized spacial score (nSPS) is 17.9. The molecule has 1 saturated heterocycles. The van der Waals surface area contributed by atoms with E-state index in [1.165, 1.54) is 5.39 Å². The first-order chi connectivity index (χ1) is 11.9. The highest BCUT2D eigenvalue weighted by Crippen LogP contribution is 2.20. The average Bonchev–Trinajstić information content (AvgIpc) is 3.02. The van der Waals surface area contributed by atoms with Crippen molar-refractivity contribution in [1.82, 2.24) is 15.2 Å². The van der Waals surface area contributed by atoms with E-state index in [-0.39, 0.29) is 12.1 Å². The van der Waals surface area contributed by atoms with Crippen LogP contribution in [0.3, 0.4) is 0 Å². The quantitative estimate of drug-likeness (QED) is 0.921. The van der Waals surface area contributed by atoms with Crippen LogP contribution in [0, 0.1) is 0 Å². The van der Waals surface area contributed by atoms with Crippen molar-refractivity contribution < 1.29 is 9.53 Å². The Labute approximate surface area is 149 Å². The molecule has 0 saturated carbocycles. The molecule has 0 spiro atoms. The summed E-state index contributed by atoms with van der Waals surface area (Å²) in [6, 6.07) is 10.5. The van der Waals surface area contributed by atoms with Crippen molar-refractivity contribution in [2.24, 2.45) is 0 Å². The molecule has 1 fully saturated rings. The number of aromatic nitrogens is 1. The smallest absolute Gasteiger partial charge is 0.410 e. The molecule has 134 valence electrons. The van der Waals surface area contributed by atoms with E-state index in [2.05, 4.69) is 28.5 Å². The lowest BCUT2D eigenvalue weighted by molar-refractivity contribution is 0.0226. The fourth-order valence-corrected chi connectivity index (χ4v) is 3.20. The number of nitrogens with zero attached hydrogens (tertiary/aromatic N) is 2. The van der Waals surface area contributed by atoms with Gasteiger partial charge in [0, 0.05) is 37.3 Å². The van der Waals surface area contributed by atoms with Gasteiger partial charge in [-0.05, 0) is 45.1 Å². The van der Waals surface area contributed by atoms with Gasteiger partial charge in [0.05, 0.1) is 5.69 Å². The highest BCUT2D eigenvalue weighted by molar-refractivity contribution is 5.81. The van der Waals surface area contributed by atoms with E-state index in [1.807, 2.05) is 44.0 Å². The van der Waals surface area contributed by atoms with Crippen LogP contribution in [0.1, 0.15) is 39.3 Å². The van der Waals surface area contributed by atoms with Crippen molar-refractivity contribution in [3.63, 3.8) is 0 Å². The van der Waals surface area contributed by atoms with Crippen LogP contribution in [0.15, 0.2) is 36.5 Å². The van der Waals surface area contributed by atoms with Crippen molar-refractivity contribution >= 4 is 16.9 Å². The van der Waals surface area contributed by atoms with Crippen LogP contribution in [0.4, 0.5) is 4.79 Å². The number of hydrogen-bond donors (Lipinski definition) is 1. The third kappa shape index (κ3) is 4.69. The number of carbonyl (C=O) groups excluding carboxylic acids is 1. The molecular formula is C20H27N3O2. The molecule has 5 nitrogen and oxygen atoms in total. The lowest BCUT2D eigenvalue weighted by atomic mass is 10.1. The van der Waals surface area contributed by atoms with Crippen molar-refractivity contribution in [3.8, 4) is 0 Å². The van der Waals surface area contributed by atoms with E-state index in [4.69, 9.17) is 4.74 Å². The minimum absolute atomic E-state index is 0.190. The zero-order chi connectivity index (χ0) is 17.9. The molecule has 1 N–H and O–H groups in total. The summed E-state index contributed by atoms with van der Waals surface area (Å²) in [5.41, 5.74) is 0.563. The highest BCUT2D eigenvalue weighted by Gasteiger charge is 2.31. The summed E-state index contributed by atoms with van der Waals surface area (Å²) in [5, 5.41) is 5.79. The second-order valence-electron chi connectivity index (χ2n) is 7.62. The Kier molecular flexibility index (Phi) is 5.23. The van der Waals surface area contributed by atoms with Crippen LogP contribution in [0.5, 0.6) is 0 Å². The Balaban J connectivity index is 1.54. The number of carbonyl (C=O) groups is 1. The molecule has 3 rings (SSSR count). The van der Waals surface area contributed by atoms with Crippen LogP contribution in [0.2, 0.25) is 0 Å². The maximum atomic E-state index is 12.3. The number of benzene rings is 1. The molecule has 0 bridgehead atoms. The zero-order valence-corrected chi connectivity index (χ0v) is 15.3. The van der Waals surface area contributed by atoms with E-state index in [9.17, 15) is 4.79 Å². The molecule has 2 aromatic rings. The van der Waals surface area contributed by atoms with Gasteiger partial charge in [-0.1, -0.05) is 24.3 Å². The van der Waals surface area contributed by atoms with Gasteiger partial charge in [-0.2, -0.15) is 0 Å². The number of fused-ring (bicyclic) bond motifs is 1. The predicted molar refractivity (Wildman–Crippen MR) is 99.4 cm³/mol. The van der Waals surface area contributed by atoms with Gasteiger partial charge in [-0.25, -0.2) is 4.79 Å². The molecule has 0 radical (unpaired) electrons. The van der Waals surface area contributed by atoms with Gasteiger partial charge < -0.3 is 15.0 Å². The summed E-state index contributed by atoms with van der Waals surface area (Å²) in [7, 11) is 0. The molecule has 1 atom stereocenters. The van der Waals surface area contributed by atoms with Crippen molar-refractivity contribution in [2.75, 3.05) is 13.1 Å². The Morgan fingerprint density at radius 1 is 1.32 bits per heavy atom. The van der Waals surface area contributed by atoms with Gasteiger partial charge >= 0.3 is 6.09 Å². The summed E-state index contributed by atoms with van der Waals surface area (Å²) in [6.45, 7) is 7.94. The molecule has 0 unspecified atom stereocenters. The number of ether oxygens (including phenoxy) is 1. The predicted octanol–water partition coefficient (Wildman–Crippen LogP) is 3.72. The van der Waals surface area contributed by atoms with Crippen molar-refractivity contribution in [3.05, 3.63) is 42.2 Å². The molecule has 1 aliphatic heterocycles. The molecular weight excluding hydrogens is 314 g/mol. The number of likely N-dealkylation sites (tertiary alicyclic amines) is 1. The van der Waals surface area contributed by atoms with Gasteiger partial charge in [0.15, 0.2) is 0 Å². The largest absolute Gasteiger partial charge is 0.444 e. The standard InChI is InChI=1S/C20H27N3O2/c1-20(2,3)25-19(24)23-10-6-9-18(23)14-21-13-17-11-15-7-4-5-8-16(15)12-22-17/h4-5,7-8,11-12,18,21H,6,9-10,13-14H2,1-3H3/t18-/m0/s1. The third-order valence-corrected chi connectivity index (χ3v) is 4.38. The van der Waals surface area contributed by atoms with Crippen LogP contribution in [0.25, 0.3) is 10.8 Å². The van der Waals surface area contributed by atoms with Gasteiger partial charge in [0.25, 0.3) is 0 Å². The molecule has 25 heavy (non-hydrogen) atoms. The Bertz CT molecular complexity index is 739. The monoisotopic (exact) mass is 341 g/mol. The van der Waals surface area contributed by atoms with E-state index < -0.39 is 5.60 Å². The Morgan fingerprint density at radius 2 is 2.08 bits per heavy atom. The minimum atomic E-state index is -0.452. The summed E-state index contributed by atoms with van der Waals surface area (Å²) in [4.78, 5) is 18.7. The minimum Gasteiger partial charge on any atom is -0.444 e. The summed E-state index contributed by atoms with van der Waals surface area (Å²) < 4.78 is 5.51. The lowest BCUT2D eigenvalue weighted by Crippen LogP contribution is -2.44. The lowest BCUT2D eigenvalue weighted by Gasteiger charge is -2.28. The average molecular weight is 341 g/mol. The van der Waals surface area contributed by atoms with E-state index in [1.54, 1.807) is 0 Å². The molecule has 1 aromatic heterocycles. The number of hydrogen-bond acceptors (Lipinski definition) is 4. The number of pyridine rings is 1. The van der Waals surface area contributed by atoms with Gasteiger partial charge in [-0.15, -0.1) is 0 Å². The maximum absolute atomic E-state index is 12.3. The Hall–Kier alpha value is -2.14. The summed E-state index contributed by atoms with van der Waals surface area (Å²) >= 11 is 0.